The molecule has 2 unspecified atom stereocenters. The van der Waals surface area contributed by atoms with Crippen molar-refractivity contribution in [2.45, 2.75) is 32.0 Å². The van der Waals surface area contributed by atoms with Gasteiger partial charge in [0.1, 0.15) is 11.9 Å². The van der Waals surface area contributed by atoms with Crippen LogP contribution in [0.1, 0.15) is 31.4 Å². The molecule has 0 aromatic heterocycles. The molecule has 3 rings (SSSR count). The fourth-order valence-corrected chi connectivity index (χ4v) is 3.67. The zero-order valence-corrected chi connectivity index (χ0v) is 17.3. The van der Waals surface area contributed by atoms with E-state index in [0.717, 1.165) is 30.9 Å². The summed E-state index contributed by atoms with van der Waals surface area (Å²) in [6.07, 6.45) is 0.816. The second kappa shape index (κ2) is 10.5. The first kappa shape index (κ1) is 21.4. The smallest absolute Gasteiger partial charge is 0.251 e. The Kier molecular flexibility index (Phi) is 7.71. The van der Waals surface area contributed by atoms with Crippen LogP contribution >= 0.6 is 0 Å². The number of aliphatic imine (C=N–C) groups is 1. The van der Waals surface area contributed by atoms with Gasteiger partial charge in [0, 0.05) is 39.3 Å². The van der Waals surface area contributed by atoms with Crippen LogP contribution in [-0.2, 0) is 9.53 Å². The van der Waals surface area contributed by atoms with E-state index in [9.17, 15) is 9.90 Å². The maximum absolute atomic E-state index is 12.5. The number of nitrogens with one attached hydrogen (secondary N) is 1. The highest BCUT2D eigenvalue weighted by Crippen LogP contribution is 2.20. The van der Waals surface area contributed by atoms with Crippen molar-refractivity contribution < 1.29 is 19.4 Å². The molecule has 8 nitrogen and oxygen atoms in total. The summed E-state index contributed by atoms with van der Waals surface area (Å²) in [6, 6.07) is 7.39. The van der Waals surface area contributed by atoms with Gasteiger partial charge in [-0.05, 0) is 37.5 Å². The molecular weight excluding hydrogens is 372 g/mol. The normalized spacial score (nSPS) is 21.2. The Morgan fingerprint density at radius 3 is 2.76 bits per heavy atom. The lowest BCUT2D eigenvalue weighted by molar-refractivity contribution is -0.142. The molecule has 2 atom stereocenters. The minimum absolute atomic E-state index is 0.109. The Labute approximate surface area is 172 Å². The van der Waals surface area contributed by atoms with E-state index in [1.807, 2.05) is 36.1 Å². The molecule has 1 aromatic carbocycles. The van der Waals surface area contributed by atoms with Gasteiger partial charge in [-0.1, -0.05) is 12.1 Å². The number of ether oxygens (including phenoxy) is 2. The summed E-state index contributed by atoms with van der Waals surface area (Å²) in [5, 5.41) is 13.8. The van der Waals surface area contributed by atoms with Gasteiger partial charge in [-0.3, -0.25) is 9.79 Å². The molecule has 1 aromatic rings. The van der Waals surface area contributed by atoms with Crippen molar-refractivity contribution >= 4 is 11.9 Å². The number of carbonyl (C=O) groups is 1. The van der Waals surface area contributed by atoms with Crippen molar-refractivity contribution in [2.75, 3.05) is 53.0 Å². The lowest BCUT2D eigenvalue weighted by atomic mass is 10.1. The van der Waals surface area contributed by atoms with Crippen molar-refractivity contribution in [1.29, 1.82) is 0 Å². The van der Waals surface area contributed by atoms with E-state index >= 15 is 0 Å². The highest BCUT2D eigenvalue weighted by atomic mass is 16.5. The SMILES string of the molecule is CCNC(=NCC(O)c1cccc(OC)c1)N1CCN(C(=O)C2CCCO2)CC1. The molecule has 2 fully saturated rings. The Morgan fingerprint density at radius 2 is 2.10 bits per heavy atom. The summed E-state index contributed by atoms with van der Waals surface area (Å²) in [5.41, 5.74) is 0.774. The first-order chi connectivity index (χ1) is 14.1. The average Bonchev–Trinajstić information content (AvgIpc) is 3.31. The summed E-state index contributed by atoms with van der Waals surface area (Å²) in [6.45, 7) is 6.42. The van der Waals surface area contributed by atoms with E-state index in [1.54, 1.807) is 7.11 Å². The molecule has 0 saturated carbocycles. The third-order valence-corrected chi connectivity index (χ3v) is 5.32. The number of carbonyl (C=O) groups excluding carboxylic acids is 1. The van der Waals surface area contributed by atoms with Gasteiger partial charge >= 0.3 is 0 Å². The van der Waals surface area contributed by atoms with Crippen LogP contribution < -0.4 is 10.1 Å². The lowest BCUT2D eigenvalue weighted by Gasteiger charge is -2.37. The zero-order chi connectivity index (χ0) is 20.6. The second-order valence-corrected chi connectivity index (χ2v) is 7.30. The van der Waals surface area contributed by atoms with E-state index in [4.69, 9.17) is 9.47 Å². The third kappa shape index (κ3) is 5.61. The highest BCUT2D eigenvalue weighted by Gasteiger charge is 2.30. The third-order valence-electron chi connectivity index (χ3n) is 5.32. The molecule has 0 radical (unpaired) electrons. The van der Waals surface area contributed by atoms with Gasteiger partial charge in [0.05, 0.1) is 19.8 Å². The summed E-state index contributed by atoms with van der Waals surface area (Å²) < 4.78 is 10.7. The monoisotopic (exact) mass is 404 g/mol. The molecule has 0 bridgehead atoms. The molecular formula is C21H32N4O4. The van der Waals surface area contributed by atoms with Gasteiger partial charge in [0.2, 0.25) is 0 Å². The minimum Gasteiger partial charge on any atom is -0.497 e. The Hall–Kier alpha value is -2.32. The molecule has 2 aliphatic rings. The summed E-state index contributed by atoms with van der Waals surface area (Å²) >= 11 is 0. The van der Waals surface area contributed by atoms with Crippen molar-refractivity contribution in [2.24, 2.45) is 4.99 Å². The van der Waals surface area contributed by atoms with Crippen molar-refractivity contribution in [1.82, 2.24) is 15.1 Å². The molecule has 29 heavy (non-hydrogen) atoms. The first-order valence-corrected chi connectivity index (χ1v) is 10.4. The Balaban J connectivity index is 1.57. The quantitative estimate of drug-likeness (QED) is 0.544. The predicted octanol–water partition coefficient (Wildman–Crippen LogP) is 1.02. The topological polar surface area (TPSA) is 86.6 Å². The second-order valence-electron chi connectivity index (χ2n) is 7.30. The van der Waals surface area contributed by atoms with Crippen molar-refractivity contribution in [3.8, 4) is 5.75 Å². The van der Waals surface area contributed by atoms with Crippen LogP contribution in [0.5, 0.6) is 5.75 Å². The maximum atomic E-state index is 12.5. The van der Waals surface area contributed by atoms with Gasteiger partial charge in [0.25, 0.3) is 5.91 Å². The van der Waals surface area contributed by atoms with Crippen LogP contribution in [0.3, 0.4) is 0 Å². The molecule has 0 spiro atoms. The van der Waals surface area contributed by atoms with Crippen molar-refractivity contribution in [3.05, 3.63) is 29.8 Å². The fraction of sp³-hybridized carbons (Fsp3) is 0.619. The summed E-state index contributed by atoms with van der Waals surface area (Å²) in [4.78, 5) is 21.2. The van der Waals surface area contributed by atoms with Gasteiger partial charge in [-0.15, -0.1) is 0 Å². The fourth-order valence-electron chi connectivity index (χ4n) is 3.67. The van der Waals surface area contributed by atoms with Crippen molar-refractivity contribution in [3.63, 3.8) is 0 Å². The largest absolute Gasteiger partial charge is 0.497 e. The molecule has 8 heteroatoms. The number of piperazine rings is 1. The lowest BCUT2D eigenvalue weighted by Crippen LogP contribution is -2.55. The number of nitrogens with zero attached hydrogens (tertiary/aromatic N) is 3. The number of hydrogen-bond acceptors (Lipinski definition) is 5. The zero-order valence-electron chi connectivity index (χ0n) is 17.3. The number of amides is 1. The number of aliphatic hydroxyl groups excluding tert-OH is 1. The van der Waals surface area contributed by atoms with E-state index < -0.39 is 6.10 Å². The van der Waals surface area contributed by atoms with Crippen LogP contribution in [-0.4, -0.2) is 85.9 Å². The van der Waals surface area contributed by atoms with E-state index in [1.165, 1.54) is 0 Å². The maximum Gasteiger partial charge on any atom is 0.251 e. The summed E-state index contributed by atoms with van der Waals surface area (Å²) in [5.74, 6) is 1.58. The van der Waals surface area contributed by atoms with Crippen LogP contribution in [0.15, 0.2) is 29.3 Å². The number of rotatable bonds is 6. The Morgan fingerprint density at radius 1 is 1.34 bits per heavy atom. The molecule has 0 aliphatic carbocycles. The number of benzene rings is 1. The first-order valence-electron chi connectivity index (χ1n) is 10.4. The van der Waals surface area contributed by atoms with Gasteiger partial charge in [-0.25, -0.2) is 0 Å². The standard InChI is InChI=1S/C21H32N4O4/c1-3-22-21(23-15-18(26)16-6-4-7-17(14-16)28-2)25-11-9-24(10-12-25)20(27)19-8-5-13-29-19/h4,6-7,14,18-19,26H,3,5,8-13,15H2,1-2H3,(H,22,23). The van der Waals surface area contributed by atoms with Gasteiger partial charge in [-0.2, -0.15) is 0 Å². The number of hydrogen-bond donors (Lipinski definition) is 2. The summed E-state index contributed by atoms with van der Waals surface area (Å²) in [7, 11) is 1.61. The van der Waals surface area contributed by atoms with Gasteiger partial charge < -0.3 is 29.7 Å². The van der Waals surface area contributed by atoms with Gasteiger partial charge in [0.15, 0.2) is 5.96 Å². The van der Waals surface area contributed by atoms with E-state index in [2.05, 4.69) is 15.2 Å². The van der Waals surface area contributed by atoms with Crippen LogP contribution in [0.2, 0.25) is 0 Å². The highest BCUT2D eigenvalue weighted by molar-refractivity contribution is 5.82. The Bertz CT molecular complexity index is 698. The molecule has 2 aliphatic heterocycles. The molecule has 1 amide bonds. The molecule has 2 saturated heterocycles. The van der Waals surface area contributed by atoms with Crippen LogP contribution in [0, 0.1) is 0 Å². The van der Waals surface area contributed by atoms with Crippen LogP contribution in [0.25, 0.3) is 0 Å². The average molecular weight is 405 g/mol. The number of aliphatic hydroxyl groups is 1. The van der Waals surface area contributed by atoms with E-state index in [-0.39, 0.29) is 18.6 Å². The predicted molar refractivity (Wildman–Crippen MR) is 111 cm³/mol. The molecule has 2 heterocycles. The molecule has 2 N–H and O–H groups in total. The minimum atomic E-state index is -0.707. The van der Waals surface area contributed by atoms with E-state index in [0.29, 0.717) is 38.5 Å². The number of methoxy groups -OCH3 is 1. The van der Waals surface area contributed by atoms with Crippen LogP contribution in [0.4, 0.5) is 0 Å². The molecule has 160 valence electrons. The number of guanidine groups is 1.